The molecular weight excluding hydrogens is 260 g/mol. The topological polar surface area (TPSA) is 82.2 Å². The van der Waals surface area contributed by atoms with Crippen LogP contribution in [0.2, 0.25) is 0 Å². The van der Waals surface area contributed by atoms with E-state index in [0.29, 0.717) is 24.7 Å². The lowest BCUT2D eigenvalue weighted by Gasteiger charge is -2.07. The molecule has 1 aromatic rings. The maximum atomic E-state index is 11.2. The van der Waals surface area contributed by atoms with Crippen molar-refractivity contribution in [1.29, 1.82) is 0 Å². The molecule has 0 spiro atoms. The summed E-state index contributed by atoms with van der Waals surface area (Å²) in [5.74, 6) is 0.454. The molecule has 0 aliphatic rings. The van der Waals surface area contributed by atoms with Gasteiger partial charge in [-0.1, -0.05) is 27.2 Å². The SMILES string of the molecule is CCCCOCCNc1c([N+](=O)[O-])c(C(C)C)nn1C. The largest absolute Gasteiger partial charge is 0.380 e. The first-order valence-electron chi connectivity index (χ1n) is 7.01. The predicted octanol–water partition coefficient (Wildman–Crippen LogP) is 2.68. The molecule has 7 heteroatoms. The zero-order valence-corrected chi connectivity index (χ0v) is 12.7. The smallest absolute Gasteiger partial charge is 0.334 e. The number of rotatable bonds is 9. The highest BCUT2D eigenvalue weighted by atomic mass is 16.6. The van der Waals surface area contributed by atoms with Crippen molar-refractivity contribution in [2.45, 2.75) is 39.5 Å². The first kappa shape index (κ1) is 16.4. The van der Waals surface area contributed by atoms with Crippen LogP contribution in [0.1, 0.15) is 45.2 Å². The molecule has 0 saturated heterocycles. The molecule has 0 amide bonds. The van der Waals surface area contributed by atoms with E-state index < -0.39 is 0 Å². The number of aromatic nitrogens is 2. The van der Waals surface area contributed by atoms with E-state index in [1.165, 1.54) is 4.68 Å². The molecule has 0 unspecified atom stereocenters. The van der Waals surface area contributed by atoms with Gasteiger partial charge in [0.05, 0.1) is 11.5 Å². The number of nitrogens with one attached hydrogen (secondary N) is 1. The third-order valence-corrected chi connectivity index (χ3v) is 2.96. The second-order valence-electron chi connectivity index (χ2n) is 5.01. The Balaban J connectivity index is 2.67. The number of hydrogen-bond donors (Lipinski definition) is 1. The van der Waals surface area contributed by atoms with Gasteiger partial charge in [-0.2, -0.15) is 5.10 Å². The predicted molar refractivity (Wildman–Crippen MR) is 78.2 cm³/mol. The Morgan fingerprint density at radius 1 is 1.45 bits per heavy atom. The molecule has 0 atom stereocenters. The third-order valence-electron chi connectivity index (χ3n) is 2.96. The van der Waals surface area contributed by atoms with Crippen LogP contribution >= 0.6 is 0 Å². The van der Waals surface area contributed by atoms with E-state index in [-0.39, 0.29) is 16.5 Å². The van der Waals surface area contributed by atoms with Crippen molar-refractivity contribution in [1.82, 2.24) is 9.78 Å². The summed E-state index contributed by atoms with van der Waals surface area (Å²) in [4.78, 5) is 10.8. The lowest BCUT2D eigenvalue weighted by molar-refractivity contribution is -0.384. The van der Waals surface area contributed by atoms with Crippen LogP contribution in [0.3, 0.4) is 0 Å². The minimum Gasteiger partial charge on any atom is -0.380 e. The van der Waals surface area contributed by atoms with E-state index in [4.69, 9.17) is 4.74 Å². The molecule has 0 radical (unpaired) electrons. The molecular formula is C13H24N4O3. The van der Waals surface area contributed by atoms with Crippen molar-refractivity contribution in [3.8, 4) is 0 Å². The fourth-order valence-corrected chi connectivity index (χ4v) is 1.89. The summed E-state index contributed by atoms with van der Waals surface area (Å²) in [6.45, 7) is 7.68. The molecule has 0 aliphatic heterocycles. The van der Waals surface area contributed by atoms with Gasteiger partial charge in [-0.3, -0.25) is 10.1 Å². The molecule has 1 N–H and O–H groups in total. The number of nitrogens with zero attached hydrogens (tertiary/aromatic N) is 3. The number of nitro groups is 1. The van der Waals surface area contributed by atoms with E-state index in [0.717, 1.165) is 19.4 Å². The van der Waals surface area contributed by atoms with Crippen molar-refractivity contribution in [2.75, 3.05) is 25.1 Å². The molecule has 1 rings (SSSR count). The number of aryl methyl sites for hydroxylation is 1. The van der Waals surface area contributed by atoms with Crippen molar-refractivity contribution in [3.05, 3.63) is 15.8 Å². The summed E-state index contributed by atoms with van der Waals surface area (Å²) < 4.78 is 6.96. The summed E-state index contributed by atoms with van der Waals surface area (Å²) in [6, 6.07) is 0. The van der Waals surface area contributed by atoms with Gasteiger partial charge in [-0.05, 0) is 6.42 Å². The number of unbranched alkanes of at least 4 members (excludes halogenated alkanes) is 1. The summed E-state index contributed by atoms with van der Waals surface area (Å²) in [7, 11) is 1.71. The van der Waals surface area contributed by atoms with E-state index in [1.54, 1.807) is 7.05 Å². The second kappa shape index (κ2) is 7.84. The van der Waals surface area contributed by atoms with Gasteiger partial charge in [0.25, 0.3) is 0 Å². The molecule has 114 valence electrons. The molecule has 0 fully saturated rings. The summed E-state index contributed by atoms with van der Waals surface area (Å²) in [5, 5.41) is 18.5. The van der Waals surface area contributed by atoms with Crippen molar-refractivity contribution >= 4 is 11.5 Å². The van der Waals surface area contributed by atoms with E-state index in [1.807, 2.05) is 13.8 Å². The molecule has 0 saturated carbocycles. The lowest BCUT2D eigenvalue weighted by atomic mass is 10.1. The maximum Gasteiger partial charge on any atom is 0.334 e. The van der Waals surface area contributed by atoms with Gasteiger partial charge in [0, 0.05) is 26.1 Å². The first-order valence-corrected chi connectivity index (χ1v) is 7.01. The van der Waals surface area contributed by atoms with Crippen LogP contribution in [0.4, 0.5) is 11.5 Å². The van der Waals surface area contributed by atoms with Crippen LogP contribution in [0.15, 0.2) is 0 Å². The zero-order valence-electron chi connectivity index (χ0n) is 12.7. The van der Waals surface area contributed by atoms with Crippen LogP contribution in [0.25, 0.3) is 0 Å². The Bertz CT molecular complexity index is 443. The molecule has 0 aliphatic carbocycles. The standard InChI is InChI=1S/C13H24N4O3/c1-5-6-8-20-9-7-14-13-12(17(18)19)11(10(2)3)15-16(13)4/h10,14H,5-9H2,1-4H3. The van der Waals surface area contributed by atoms with Crippen LogP contribution in [0.5, 0.6) is 0 Å². The fraction of sp³-hybridized carbons (Fsp3) is 0.769. The minimum absolute atomic E-state index is 0.0120. The Morgan fingerprint density at radius 2 is 2.15 bits per heavy atom. The number of anilines is 1. The van der Waals surface area contributed by atoms with Crippen LogP contribution < -0.4 is 5.32 Å². The molecule has 0 aromatic carbocycles. The summed E-state index contributed by atoms with van der Waals surface area (Å²) in [5.41, 5.74) is 0.572. The Morgan fingerprint density at radius 3 is 2.70 bits per heavy atom. The molecule has 1 aromatic heterocycles. The van der Waals surface area contributed by atoms with Crippen molar-refractivity contribution < 1.29 is 9.66 Å². The van der Waals surface area contributed by atoms with Gasteiger partial charge in [0.1, 0.15) is 5.69 Å². The van der Waals surface area contributed by atoms with Gasteiger partial charge < -0.3 is 10.1 Å². The summed E-state index contributed by atoms with van der Waals surface area (Å²) in [6.07, 6.45) is 2.13. The molecule has 7 nitrogen and oxygen atoms in total. The number of ether oxygens (including phenoxy) is 1. The van der Waals surface area contributed by atoms with Crippen molar-refractivity contribution in [3.63, 3.8) is 0 Å². The Hall–Kier alpha value is -1.63. The lowest BCUT2D eigenvalue weighted by Crippen LogP contribution is -2.13. The third kappa shape index (κ3) is 4.19. The minimum atomic E-state index is -0.372. The number of hydrogen-bond acceptors (Lipinski definition) is 5. The van der Waals surface area contributed by atoms with Crippen LogP contribution in [-0.4, -0.2) is 34.5 Å². The Labute approximate surface area is 119 Å². The highest BCUT2D eigenvalue weighted by molar-refractivity contribution is 5.60. The van der Waals surface area contributed by atoms with E-state index in [9.17, 15) is 10.1 Å². The fourth-order valence-electron chi connectivity index (χ4n) is 1.89. The summed E-state index contributed by atoms with van der Waals surface area (Å²) >= 11 is 0. The second-order valence-corrected chi connectivity index (χ2v) is 5.01. The van der Waals surface area contributed by atoms with Gasteiger partial charge in [-0.15, -0.1) is 0 Å². The van der Waals surface area contributed by atoms with E-state index in [2.05, 4.69) is 17.3 Å². The van der Waals surface area contributed by atoms with Gasteiger partial charge >= 0.3 is 5.69 Å². The molecule has 0 bridgehead atoms. The average Bonchev–Trinajstić information content (AvgIpc) is 2.71. The first-order chi connectivity index (χ1) is 9.49. The Kier molecular flexibility index (Phi) is 6.44. The maximum absolute atomic E-state index is 11.2. The monoisotopic (exact) mass is 284 g/mol. The molecule has 1 heterocycles. The van der Waals surface area contributed by atoms with Crippen LogP contribution in [-0.2, 0) is 11.8 Å². The van der Waals surface area contributed by atoms with Gasteiger partial charge in [0.2, 0.25) is 5.82 Å². The van der Waals surface area contributed by atoms with Crippen molar-refractivity contribution in [2.24, 2.45) is 7.05 Å². The van der Waals surface area contributed by atoms with E-state index >= 15 is 0 Å². The van der Waals surface area contributed by atoms with Crippen LogP contribution in [0, 0.1) is 10.1 Å². The van der Waals surface area contributed by atoms with Gasteiger partial charge in [0.15, 0.2) is 0 Å². The highest BCUT2D eigenvalue weighted by Gasteiger charge is 2.28. The normalized spacial score (nSPS) is 11.1. The zero-order chi connectivity index (χ0) is 15.1. The quantitative estimate of drug-likeness (QED) is 0.428. The average molecular weight is 284 g/mol. The molecule has 20 heavy (non-hydrogen) atoms. The highest BCUT2D eigenvalue weighted by Crippen LogP contribution is 2.32. The van der Waals surface area contributed by atoms with Gasteiger partial charge in [-0.25, -0.2) is 4.68 Å².